The summed E-state index contributed by atoms with van der Waals surface area (Å²) in [5.74, 6) is -2.35. The van der Waals surface area contributed by atoms with E-state index < -0.39 is 39.9 Å². The molecular formula is C8H18N2O7S2. The molecule has 114 valence electrons. The summed E-state index contributed by atoms with van der Waals surface area (Å²) in [5, 5.41) is 16.3. The predicted molar refractivity (Wildman–Crippen MR) is 70.7 cm³/mol. The summed E-state index contributed by atoms with van der Waals surface area (Å²) in [4.78, 5) is 19.9. The number of nitrogens with two attached hydrogens (primary N) is 2. The van der Waals surface area contributed by atoms with Crippen molar-refractivity contribution in [3.05, 3.63) is 0 Å². The van der Waals surface area contributed by atoms with Gasteiger partial charge in [0.2, 0.25) is 0 Å². The van der Waals surface area contributed by atoms with Gasteiger partial charge < -0.3 is 21.7 Å². The fraction of sp³-hybridized carbons (Fsp3) is 0.750. The summed E-state index contributed by atoms with van der Waals surface area (Å²) < 4.78 is 28.3. The molecule has 0 saturated carbocycles. The molecule has 2 atom stereocenters. The van der Waals surface area contributed by atoms with E-state index in [-0.39, 0.29) is 6.42 Å². The quantitative estimate of drug-likeness (QED) is 0.238. The molecule has 19 heavy (non-hydrogen) atoms. The van der Waals surface area contributed by atoms with Gasteiger partial charge in [0.1, 0.15) is 12.1 Å². The second-order valence-electron chi connectivity index (χ2n) is 3.48. The van der Waals surface area contributed by atoms with E-state index in [0.29, 0.717) is 12.2 Å². The van der Waals surface area contributed by atoms with E-state index in [9.17, 15) is 18.0 Å². The Morgan fingerprint density at radius 3 is 1.63 bits per heavy atom. The van der Waals surface area contributed by atoms with E-state index in [4.69, 9.17) is 26.2 Å². The molecule has 7 N–H and O–H groups in total. The Labute approximate surface area is 116 Å². The highest BCUT2D eigenvalue weighted by molar-refractivity contribution is 7.85. The average Bonchev–Trinajstić information content (AvgIpc) is 2.25. The van der Waals surface area contributed by atoms with Gasteiger partial charge in [-0.05, 0) is 18.6 Å². The van der Waals surface area contributed by atoms with Crippen molar-refractivity contribution in [3.8, 4) is 0 Å². The Hall–Kier alpha value is -0.880. The number of aliphatic carboxylic acids is 2. The zero-order chi connectivity index (χ0) is 15.6. The lowest BCUT2D eigenvalue weighted by Crippen LogP contribution is -2.32. The molecular weight excluding hydrogens is 300 g/mol. The van der Waals surface area contributed by atoms with Crippen molar-refractivity contribution in [1.82, 2.24) is 0 Å². The Balaban J connectivity index is 0. The number of rotatable bonds is 7. The third-order valence-corrected chi connectivity index (χ3v) is 2.77. The largest absolute Gasteiger partial charge is 0.480 e. The van der Waals surface area contributed by atoms with Crippen molar-refractivity contribution < 1.29 is 32.8 Å². The van der Waals surface area contributed by atoms with Crippen molar-refractivity contribution >= 4 is 34.7 Å². The second-order valence-corrected chi connectivity index (χ2v) is 5.50. The van der Waals surface area contributed by atoms with Gasteiger partial charge in [0.05, 0.1) is 5.75 Å². The zero-order valence-corrected chi connectivity index (χ0v) is 11.7. The van der Waals surface area contributed by atoms with Gasteiger partial charge in [-0.15, -0.1) is 0 Å². The van der Waals surface area contributed by atoms with Crippen molar-refractivity contribution in [2.75, 3.05) is 11.5 Å². The number of carboxylic acids is 2. The summed E-state index contributed by atoms with van der Waals surface area (Å²) in [5.41, 5.74) is 10.0. The van der Waals surface area contributed by atoms with Crippen LogP contribution >= 0.6 is 12.6 Å². The maximum absolute atomic E-state index is 10.1. The minimum atomic E-state index is -4.10. The summed E-state index contributed by atoms with van der Waals surface area (Å²) >= 11 is 3.81. The molecule has 0 saturated heterocycles. The molecule has 0 radical (unpaired) electrons. The molecule has 0 heterocycles. The van der Waals surface area contributed by atoms with E-state index in [2.05, 4.69) is 12.6 Å². The van der Waals surface area contributed by atoms with Crippen molar-refractivity contribution in [2.24, 2.45) is 11.5 Å². The molecule has 0 aliphatic carbocycles. The molecule has 0 aromatic carbocycles. The van der Waals surface area contributed by atoms with E-state index >= 15 is 0 Å². The summed E-state index contributed by atoms with van der Waals surface area (Å²) in [6.07, 6.45) is 0.145. The van der Waals surface area contributed by atoms with Crippen LogP contribution in [0.2, 0.25) is 0 Å². The predicted octanol–water partition coefficient (Wildman–Crippen LogP) is -1.61. The molecule has 0 spiro atoms. The van der Waals surface area contributed by atoms with Gasteiger partial charge >= 0.3 is 11.9 Å². The molecule has 0 aromatic rings. The highest BCUT2D eigenvalue weighted by atomic mass is 32.2. The van der Waals surface area contributed by atoms with Gasteiger partial charge in [-0.25, -0.2) is 0 Å². The summed E-state index contributed by atoms with van der Waals surface area (Å²) in [6.45, 7) is 0. The van der Waals surface area contributed by atoms with Crippen LogP contribution in [0.25, 0.3) is 0 Å². The summed E-state index contributed by atoms with van der Waals surface area (Å²) in [6, 6.07) is -1.98. The number of carboxylic acid groups (broad SMARTS) is 2. The van der Waals surface area contributed by atoms with Gasteiger partial charge in [-0.1, -0.05) is 0 Å². The maximum Gasteiger partial charge on any atom is 0.320 e. The lowest BCUT2D eigenvalue weighted by atomic mass is 10.2. The van der Waals surface area contributed by atoms with E-state index in [1.807, 2.05) is 0 Å². The fourth-order valence-corrected chi connectivity index (χ4v) is 1.49. The van der Waals surface area contributed by atoms with Crippen LogP contribution in [0.5, 0.6) is 0 Å². The first-order valence-corrected chi connectivity index (χ1v) is 7.28. The number of carbonyl (C=O) groups is 2. The van der Waals surface area contributed by atoms with E-state index in [0.717, 1.165) is 0 Å². The van der Waals surface area contributed by atoms with Crippen molar-refractivity contribution in [2.45, 2.75) is 24.9 Å². The Bertz CT molecular complexity index is 385. The van der Waals surface area contributed by atoms with Crippen LogP contribution in [-0.2, 0) is 19.7 Å². The van der Waals surface area contributed by atoms with Gasteiger partial charge in [-0.2, -0.15) is 21.0 Å². The lowest BCUT2D eigenvalue weighted by Gasteiger charge is -2.02. The van der Waals surface area contributed by atoms with E-state index in [1.165, 1.54) is 0 Å². The van der Waals surface area contributed by atoms with Crippen molar-refractivity contribution in [3.63, 3.8) is 0 Å². The Morgan fingerprint density at radius 2 is 1.42 bits per heavy atom. The van der Waals surface area contributed by atoms with Gasteiger partial charge in [0.25, 0.3) is 10.1 Å². The zero-order valence-electron chi connectivity index (χ0n) is 9.97. The Morgan fingerprint density at radius 1 is 1.05 bits per heavy atom. The normalized spacial score (nSPS) is 13.9. The average molecular weight is 318 g/mol. The van der Waals surface area contributed by atoms with Crippen LogP contribution in [0.3, 0.4) is 0 Å². The van der Waals surface area contributed by atoms with Crippen molar-refractivity contribution in [1.29, 1.82) is 0 Å². The van der Waals surface area contributed by atoms with E-state index in [1.54, 1.807) is 0 Å². The molecule has 11 heteroatoms. The molecule has 0 aliphatic heterocycles. The molecule has 0 fully saturated rings. The Kier molecular flexibility index (Phi) is 10.7. The monoisotopic (exact) mass is 318 g/mol. The molecule has 2 unspecified atom stereocenters. The number of hydrogen-bond donors (Lipinski definition) is 6. The SMILES string of the molecule is NC(CCS(=O)(=O)O)C(=O)O.NC(CCS)C(=O)O. The topological polar surface area (TPSA) is 181 Å². The minimum absolute atomic E-state index is 0.284. The van der Waals surface area contributed by atoms with Gasteiger partial charge in [0, 0.05) is 0 Å². The third kappa shape index (κ3) is 15.1. The highest BCUT2D eigenvalue weighted by Crippen LogP contribution is 1.92. The second kappa shape index (κ2) is 9.97. The first-order valence-electron chi connectivity index (χ1n) is 5.04. The molecule has 0 aliphatic rings. The third-order valence-electron chi connectivity index (χ3n) is 1.76. The first-order chi connectivity index (χ1) is 8.51. The number of hydrogen-bond acceptors (Lipinski definition) is 7. The van der Waals surface area contributed by atoms with Crippen LogP contribution < -0.4 is 11.5 Å². The molecule has 9 nitrogen and oxygen atoms in total. The van der Waals surface area contributed by atoms with Crippen LogP contribution in [0.4, 0.5) is 0 Å². The molecule has 0 amide bonds. The standard InChI is InChI=1S/C4H9NO5S.C4H9NO2S/c5-3(4(6)7)1-2-11(8,9)10;5-3(1-2-8)4(6)7/h3H,1-2,5H2,(H,6,7)(H,8,9,10);3,8H,1-2,5H2,(H,6,7). The van der Waals surface area contributed by atoms with Crippen LogP contribution in [-0.4, -0.2) is 58.7 Å². The van der Waals surface area contributed by atoms with Crippen LogP contribution in [0, 0.1) is 0 Å². The smallest absolute Gasteiger partial charge is 0.320 e. The first kappa shape index (κ1) is 20.4. The maximum atomic E-state index is 10.1. The fourth-order valence-electron chi connectivity index (χ4n) is 0.662. The molecule has 0 bridgehead atoms. The lowest BCUT2D eigenvalue weighted by molar-refractivity contribution is -0.139. The van der Waals surface area contributed by atoms with Crippen LogP contribution in [0.15, 0.2) is 0 Å². The van der Waals surface area contributed by atoms with Gasteiger partial charge in [0.15, 0.2) is 0 Å². The minimum Gasteiger partial charge on any atom is -0.480 e. The van der Waals surface area contributed by atoms with Gasteiger partial charge in [-0.3, -0.25) is 14.1 Å². The van der Waals surface area contributed by atoms with Crippen LogP contribution in [0.1, 0.15) is 12.8 Å². The number of thiol groups is 1. The summed E-state index contributed by atoms with van der Waals surface area (Å²) in [7, 11) is -4.10. The molecule has 0 rings (SSSR count). The highest BCUT2D eigenvalue weighted by Gasteiger charge is 2.14. The molecule has 0 aromatic heterocycles.